The van der Waals surface area contributed by atoms with Crippen molar-refractivity contribution >= 4 is 11.9 Å². The van der Waals surface area contributed by atoms with Gasteiger partial charge in [0.15, 0.2) is 6.61 Å². The third-order valence-electron chi connectivity index (χ3n) is 4.02. The van der Waals surface area contributed by atoms with Gasteiger partial charge in [-0.15, -0.1) is 5.10 Å². The number of carbonyl (C=O) groups excluding carboxylic acids is 2. The Kier molecular flexibility index (Phi) is 6.05. The van der Waals surface area contributed by atoms with Gasteiger partial charge in [0.25, 0.3) is 5.91 Å². The standard InChI is InChI=1S/C19H18FN5O3/c1-2-24(11-14-5-3-7-16(20)9-14)18(26)12-28-19(27)15-6-4-8-17(10-15)25-13-21-22-23-25/h3-10,13H,2,11-12H2,1H3. The van der Waals surface area contributed by atoms with Crippen LogP contribution in [0.15, 0.2) is 54.9 Å². The summed E-state index contributed by atoms with van der Waals surface area (Å²) in [5, 5.41) is 10.8. The molecule has 0 aliphatic carbocycles. The van der Waals surface area contributed by atoms with Crippen LogP contribution >= 0.6 is 0 Å². The largest absolute Gasteiger partial charge is 0.452 e. The first-order chi connectivity index (χ1) is 13.6. The van der Waals surface area contributed by atoms with Crippen LogP contribution in [0.25, 0.3) is 5.69 Å². The second kappa shape index (κ2) is 8.85. The van der Waals surface area contributed by atoms with E-state index in [0.717, 1.165) is 0 Å². The normalized spacial score (nSPS) is 10.5. The molecule has 2 aromatic carbocycles. The van der Waals surface area contributed by atoms with E-state index in [9.17, 15) is 14.0 Å². The molecule has 0 N–H and O–H groups in total. The summed E-state index contributed by atoms with van der Waals surface area (Å²) in [6, 6.07) is 12.6. The number of benzene rings is 2. The molecule has 0 atom stereocenters. The van der Waals surface area contributed by atoms with E-state index in [2.05, 4.69) is 15.5 Å². The Morgan fingerprint density at radius 2 is 2.00 bits per heavy atom. The molecule has 0 saturated carbocycles. The molecule has 3 rings (SSSR count). The molecule has 0 bridgehead atoms. The van der Waals surface area contributed by atoms with Gasteiger partial charge in [-0.2, -0.15) is 0 Å². The number of amides is 1. The molecule has 9 heteroatoms. The highest BCUT2D eigenvalue weighted by molar-refractivity contribution is 5.91. The zero-order valence-electron chi connectivity index (χ0n) is 15.2. The number of tetrazole rings is 1. The highest BCUT2D eigenvalue weighted by Gasteiger charge is 2.16. The molecular weight excluding hydrogens is 365 g/mol. The lowest BCUT2D eigenvalue weighted by Crippen LogP contribution is -2.34. The summed E-state index contributed by atoms with van der Waals surface area (Å²) in [6.45, 7) is 2.03. The molecule has 0 aliphatic rings. The molecule has 0 spiro atoms. The van der Waals surface area contributed by atoms with Crippen LogP contribution in [0, 0.1) is 5.82 Å². The second-order valence-electron chi connectivity index (χ2n) is 5.92. The third kappa shape index (κ3) is 4.76. The fourth-order valence-corrected chi connectivity index (χ4v) is 2.59. The van der Waals surface area contributed by atoms with E-state index in [0.29, 0.717) is 17.8 Å². The Bertz CT molecular complexity index is 962. The summed E-state index contributed by atoms with van der Waals surface area (Å²) < 4.78 is 19.9. The van der Waals surface area contributed by atoms with Crippen molar-refractivity contribution < 1.29 is 18.7 Å². The van der Waals surface area contributed by atoms with Gasteiger partial charge in [0.1, 0.15) is 12.1 Å². The smallest absolute Gasteiger partial charge is 0.338 e. The molecule has 0 saturated heterocycles. The number of ether oxygens (including phenoxy) is 1. The number of esters is 1. The van der Waals surface area contributed by atoms with Gasteiger partial charge in [-0.25, -0.2) is 13.9 Å². The Morgan fingerprint density at radius 3 is 2.71 bits per heavy atom. The van der Waals surface area contributed by atoms with Crippen LogP contribution in [0.4, 0.5) is 4.39 Å². The van der Waals surface area contributed by atoms with Crippen molar-refractivity contribution in [1.29, 1.82) is 0 Å². The summed E-state index contributed by atoms with van der Waals surface area (Å²) in [5.74, 6) is -1.36. The van der Waals surface area contributed by atoms with E-state index in [1.165, 1.54) is 28.0 Å². The zero-order valence-corrected chi connectivity index (χ0v) is 15.2. The van der Waals surface area contributed by atoms with E-state index in [1.807, 2.05) is 0 Å². The molecule has 1 aromatic heterocycles. The molecule has 1 amide bonds. The molecule has 3 aromatic rings. The van der Waals surface area contributed by atoms with Gasteiger partial charge in [0.05, 0.1) is 11.3 Å². The van der Waals surface area contributed by atoms with E-state index < -0.39 is 12.6 Å². The highest BCUT2D eigenvalue weighted by Crippen LogP contribution is 2.11. The molecule has 1 heterocycles. The van der Waals surface area contributed by atoms with Crippen LogP contribution in [-0.2, 0) is 16.1 Å². The fraction of sp³-hybridized carbons (Fsp3) is 0.211. The first-order valence-corrected chi connectivity index (χ1v) is 8.59. The first-order valence-electron chi connectivity index (χ1n) is 8.59. The lowest BCUT2D eigenvalue weighted by atomic mass is 10.2. The maximum absolute atomic E-state index is 13.3. The van der Waals surface area contributed by atoms with E-state index >= 15 is 0 Å². The van der Waals surface area contributed by atoms with Crippen molar-refractivity contribution in [1.82, 2.24) is 25.1 Å². The number of nitrogens with zero attached hydrogens (tertiary/aromatic N) is 5. The van der Waals surface area contributed by atoms with Crippen LogP contribution in [0.5, 0.6) is 0 Å². The predicted molar refractivity (Wildman–Crippen MR) is 96.9 cm³/mol. The van der Waals surface area contributed by atoms with Crippen LogP contribution in [-0.4, -0.2) is 50.1 Å². The highest BCUT2D eigenvalue weighted by atomic mass is 19.1. The minimum Gasteiger partial charge on any atom is -0.452 e. The van der Waals surface area contributed by atoms with Gasteiger partial charge >= 0.3 is 5.97 Å². The van der Waals surface area contributed by atoms with Crippen molar-refractivity contribution in [2.45, 2.75) is 13.5 Å². The second-order valence-corrected chi connectivity index (χ2v) is 5.92. The average Bonchev–Trinajstić information content (AvgIpc) is 3.25. The van der Waals surface area contributed by atoms with Crippen molar-refractivity contribution in [2.75, 3.05) is 13.2 Å². The Balaban J connectivity index is 1.60. The van der Waals surface area contributed by atoms with Gasteiger partial charge < -0.3 is 9.64 Å². The predicted octanol–water partition coefficient (Wildman–Crippen LogP) is 2.01. The molecule has 0 radical (unpaired) electrons. The number of likely N-dealkylation sites (N-methyl/N-ethyl adjacent to an activating group) is 1. The summed E-state index contributed by atoms with van der Waals surface area (Å²) >= 11 is 0. The third-order valence-corrected chi connectivity index (χ3v) is 4.02. The van der Waals surface area contributed by atoms with Gasteiger partial charge in [-0.1, -0.05) is 18.2 Å². The summed E-state index contributed by atoms with van der Waals surface area (Å²) in [4.78, 5) is 26.1. The molecular formula is C19H18FN5O3. The molecule has 0 unspecified atom stereocenters. The van der Waals surface area contributed by atoms with Gasteiger partial charge in [-0.05, 0) is 53.2 Å². The molecule has 28 heavy (non-hydrogen) atoms. The maximum atomic E-state index is 13.3. The van der Waals surface area contributed by atoms with Gasteiger partial charge in [0, 0.05) is 13.1 Å². The Labute approximate surface area is 160 Å². The average molecular weight is 383 g/mol. The molecule has 144 valence electrons. The maximum Gasteiger partial charge on any atom is 0.338 e. The topological polar surface area (TPSA) is 90.2 Å². The minimum absolute atomic E-state index is 0.236. The Hall–Kier alpha value is -3.62. The quantitative estimate of drug-likeness (QED) is 0.580. The van der Waals surface area contributed by atoms with Crippen LogP contribution in [0.2, 0.25) is 0 Å². The molecule has 0 fully saturated rings. The van der Waals surface area contributed by atoms with Crippen molar-refractivity contribution in [3.63, 3.8) is 0 Å². The van der Waals surface area contributed by atoms with Crippen LogP contribution < -0.4 is 0 Å². The molecule has 8 nitrogen and oxygen atoms in total. The lowest BCUT2D eigenvalue weighted by Gasteiger charge is -2.21. The van der Waals surface area contributed by atoms with Gasteiger partial charge in [0.2, 0.25) is 0 Å². The van der Waals surface area contributed by atoms with Crippen molar-refractivity contribution in [3.8, 4) is 5.69 Å². The number of hydrogen-bond acceptors (Lipinski definition) is 6. The number of hydrogen-bond donors (Lipinski definition) is 0. The summed E-state index contributed by atoms with van der Waals surface area (Å²) in [5.41, 5.74) is 1.52. The lowest BCUT2D eigenvalue weighted by molar-refractivity contribution is -0.134. The SMILES string of the molecule is CCN(Cc1cccc(F)c1)C(=O)COC(=O)c1cccc(-n2cnnn2)c1. The number of halogens is 1. The van der Waals surface area contributed by atoms with Crippen LogP contribution in [0.3, 0.4) is 0 Å². The Morgan fingerprint density at radius 1 is 1.18 bits per heavy atom. The fourth-order valence-electron chi connectivity index (χ4n) is 2.59. The van der Waals surface area contributed by atoms with Crippen LogP contribution in [0.1, 0.15) is 22.8 Å². The monoisotopic (exact) mass is 383 g/mol. The van der Waals surface area contributed by atoms with Crippen molar-refractivity contribution in [2.24, 2.45) is 0 Å². The minimum atomic E-state index is -0.634. The van der Waals surface area contributed by atoms with E-state index in [1.54, 1.807) is 43.3 Å². The number of aromatic nitrogens is 4. The number of rotatable bonds is 7. The zero-order chi connectivity index (χ0) is 19.9. The number of carbonyl (C=O) groups is 2. The molecule has 0 aliphatic heterocycles. The first kappa shape index (κ1) is 19.2. The van der Waals surface area contributed by atoms with E-state index in [-0.39, 0.29) is 23.8 Å². The summed E-state index contributed by atoms with van der Waals surface area (Å²) in [7, 11) is 0. The van der Waals surface area contributed by atoms with E-state index in [4.69, 9.17) is 4.74 Å². The van der Waals surface area contributed by atoms with Crippen molar-refractivity contribution in [3.05, 3.63) is 71.8 Å². The summed E-state index contributed by atoms with van der Waals surface area (Å²) in [6.07, 6.45) is 1.40. The van der Waals surface area contributed by atoms with Gasteiger partial charge in [-0.3, -0.25) is 4.79 Å².